The Hall–Kier alpha value is -0.570. The fourth-order valence-corrected chi connectivity index (χ4v) is 0.832. The van der Waals surface area contributed by atoms with Gasteiger partial charge in [0.05, 0.1) is 12.0 Å². The van der Waals surface area contributed by atoms with Crippen LogP contribution in [0.25, 0.3) is 0 Å². The summed E-state index contributed by atoms with van der Waals surface area (Å²) in [5, 5.41) is 2.81. The molecule has 0 bridgehead atoms. The Kier molecular flexibility index (Phi) is 4.24. The van der Waals surface area contributed by atoms with Crippen LogP contribution in [0.5, 0.6) is 0 Å². The minimum atomic E-state index is -0.362. The van der Waals surface area contributed by atoms with E-state index in [4.69, 9.17) is 4.74 Å². The van der Waals surface area contributed by atoms with E-state index in [-0.39, 0.29) is 17.6 Å². The highest BCUT2D eigenvalue weighted by Crippen LogP contribution is 2.12. The van der Waals surface area contributed by atoms with Gasteiger partial charge in [0, 0.05) is 13.2 Å². The molecular formula is C9H19NO2. The third kappa shape index (κ3) is 5.13. The van der Waals surface area contributed by atoms with E-state index < -0.39 is 0 Å². The predicted octanol–water partition coefficient (Wildman–Crippen LogP) is 1.33. The van der Waals surface area contributed by atoms with Crippen LogP contribution < -0.4 is 5.32 Å². The van der Waals surface area contributed by atoms with Gasteiger partial charge in [0.2, 0.25) is 5.91 Å². The Morgan fingerprint density at radius 1 is 1.50 bits per heavy atom. The molecule has 3 heteroatoms. The van der Waals surface area contributed by atoms with E-state index in [0.717, 1.165) is 0 Å². The van der Waals surface area contributed by atoms with Crippen LogP contribution in [0.15, 0.2) is 0 Å². The summed E-state index contributed by atoms with van der Waals surface area (Å²) in [6.07, 6.45) is 0.404. The number of rotatable bonds is 4. The number of carbonyl (C=O) groups excluding carboxylic acids is 1. The van der Waals surface area contributed by atoms with Crippen molar-refractivity contribution in [3.63, 3.8) is 0 Å². The van der Waals surface area contributed by atoms with Gasteiger partial charge in [-0.15, -0.1) is 0 Å². The number of hydrogen-bond donors (Lipinski definition) is 1. The molecular weight excluding hydrogens is 154 g/mol. The number of amides is 1. The average Bonchev–Trinajstić information content (AvgIpc) is 1.84. The van der Waals surface area contributed by atoms with Gasteiger partial charge in [-0.3, -0.25) is 4.79 Å². The Balaban J connectivity index is 3.84. The van der Waals surface area contributed by atoms with E-state index in [1.165, 1.54) is 0 Å². The molecule has 0 heterocycles. The molecule has 0 unspecified atom stereocenters. The Bertz CT molecular complexity index is 153. The lowest BCUT2D eigenvalue weighted by molar-refractivity contribution is -0.126. The van der Waals surface area contributed by atoms with E-state index in [0.29, 0.717) is 6.42 Å². The Morgan fingerprint density at radius 2 is 2.00 bits per heavy atom. The molecule has 0 aliphatic rings. The first-order chi connectivity index (χ1) is 5.37. The van der Waals surface area contributed by atoms with Crippen molar-refractivity contribution < 1.29 is 9.53 Å². The fraction of sp³-hybridized carbons (Fsp3) is 0.889. The van der Waals surface area contributed by atoms with Gasteiger partial charge in [0.15, 0.2) is 0 Å². The minimum Gasteiger partial charge on any atom is -0.378 e. The normalized spacial score (nSPS) is 11.8. The molecule has 0 fully saturated rings. The second-order valence-electron chi connectivity index (χ2n) is 3.86. The summed E-state index contributed by atoms with van der Waals surface area (Å²) < 4.78 is 5.13. The zero-order valence-corrected chi connectivity index (χ0v) is 8.60. The molecule has 3 nitrogen and oxygen atoms in total. The number of methoxy groups -OCH3 is 1. The lowest BCUT2D eigenvalue weighted by Gasteiger charge is -2.22. The van der Waals surface area contributed by atoms with Crippen molar-refractivity contribution in [1.82, 2.24) is 5.32 Å². The largest absolute Gasteiger partial charge is 0.378 e. The van der Waals surface area contributed by atoms with E-state index >= 15 is 0 Å². The summed E-state index contributed by atoms with van der Waals surface area (Å²) in [5.74, 6) is 0.0388. The molecule has 0 aliphatic carbocycles. The van der Waals surface area contributed by atoms with Crippen molar-refractivity contribution in [2.45, 2.75) is 45.8 Å². The maximum absolute atomic E-state index is 11.2. The van der Waals surface area contributed by atoms with Crippen LogP contribution >= 0.6 is 0 Å². The van der Waals surface area contributed by atoms with Crippen LogP contribution in [0.3, 0.4) is 0 Å². The second kappa shape index (κ2) is 4.45. The van der Waals surface area contributed by atoms with Gasteiger partial charge in [-0.25, -0.2) is 0 Å². The van der Waals surface area contributed by atoms with Crippen molar-refractivity contribution in [1.29, 1.82) is 0 Å². The van der Waals surface area contributed by atoms with Crippen LogP contribution in [-0.2, 0) is 9.53 Å². The summed E-state index contributed by atoms with van der Waals surface area (Å²) in [5.41, 5.74) is -0.362. The van der Waals surface area contributed by atoms with Crippen LogP contribution in [0, 0.1) is 0 Å². The molecule has 0 saturated carbocycles. The van der Waals surface area contributed by atoms with Crippen LogP contribution in [0.4, 0.5) is 0 Å². The fourth-order valence-electron chi connectivity index (χ4n) is 0.832. The van der Waals surface area contributed by atoms with Gasteiger partial charge < -0.3 is 10.1 Å². The third-order valence-corrected chi connectivity index (χ3v) is 1.59. The average molecular weight is 173 g/mol. The first-order valence-electron chi connectivity index (χ1n) is 4.22. The SMILES string of the molecule is COC(C)(C)CC(=O)NC(C)C. The zero-order chi connectivity index (χ0) is 9.78. The molecule has 0 spiro atoms. The zero-order valence-electron chi connectivity index (χ0n) is 8.60. The number of ether oxygens (including phenoxy) is 1. The summed E-state index contributed by atoms with van der Waals surface area (Å²) in [6.45, 7) is 7.68. The predicted molar refractivity (Wildman–Crippen MR) is 49.0 cm³/mol. The highest BCUT2D eigenvalue weighted by atomic mass is 16.5. The van der Waals surface area contributed by atoms with Gasteiger partial charge in [0.1, 0.15) is 0 Å². The standard InChI is InChI=1S/C9H19NO2/c1-7(2)10-8(11)6-9(3,4)12-5/h7H,6H2,1-5H3,(H,10,11). The van der Waals surface area contributed by atoms with E-state index in [9.17, 15) is 4.79 Å². The molecule has 0 saturated heterocycles. The lowest BCUT2D eigenvalue weighted by atomic mass is 10.0. The van der Waals surface area contributed by atoms with Crippen molar-refractivity contribution in [3.8, 4) is 0 Å². The summed E-state index contributed by atoms with van der Waals surface area (Å²) in [7, 11) is 1.61. The second-order valence-corrected chi connectivity index (χ2v) is 3.86. The maximum atomic E-state index is 11.2. The van der Waals surface area contributed by atoms with E-state index in [1.54, 1.807) is 7.11 Å². The van der Waals surface area contributed by atoms with Gasteiger partial charge in [-0.2, -0.15) is 0 Å². The smallest absolute Gasteiger partial charge is 0.223 e. The number of hydrogen-bond acceptors (Lipinski definition) is 2. The highest BCUT2D eigenvalue weighted by molar-refractivity contribution is 5.77. The van der Waals surface area contributed by atoms with E-state index in [2.05, 4.69) is 5.32 Å². The van der Waals surface area contributed by atoms with Crippen molar-refractivity contribution in [2.75, 3.05) is 7.11 Å². The van der Waals surface area contributed by atoms with Crippen LogP contribution in [0.1, 0.15) is 34.1 Å². The quantitative estimate of drug-likeness (QED) is 0.696. The summed E-state index contributed by atoms with van der Waals surface area (Å²) >= 11 is 0. The van der Waals surface area contributed by atoms with Crippen molar-refractivity contribution >= 4 is 5.91 Å². The molecule has 0 atom stereocenters. The molecule has 12 heavy (non-hydrogen) atoms. The third-order valence-electron chi connectivity index (χ3n) is 1.59. The van der Waals surface area contributed by atoms with Gasteiger partial charge in [-0.05, 0) is 27.7 Å². The maximum Gasteiger partial charge on any atom is 0.223 e. The molecule has 0 aromatic carbocycles. The molecule has 0 aliphatic heterocycles. The van der Waals surface area contributed by atoms with Crippen molar-refractivity contribution in [2.24, 2.45) is 0 Å². The van der Waals surface area contributed by atoms with Crippen LogP contribution in [0.2, 0.25) is 0 Å². The first kappa shape index (κ1) is 11.4. The monoisotopic (exact) mass is 173 g/mol. The topological polar surface area (TPSA) is 38.3 Å². The van der Waals surface area contributed by atoms with Crippen molar-refractivity contribution in [3.05, 3.63) is 0 Å². The summed E-state index contributed by atoms with van der Waals surface area (Å²) in [6, 6.07) is 0.199. The number of carbonyl (C=O) groups is 1. The number of nitrogens with one attached hydrogen (secondary N) is 1. The molecule has 0 aromatic rings. The highest BCUT2D eigenvalue weighted by Gasteiger charge is 2.20. The molecule has 0 rings (SSSR count). The van der Waals surface area contributed by atoms with Gasteiger partial charge >= 0.3 is 0 Å². The molecule has 0 radical (unpaired) electrons. The first-order valence-corrected chi connectivity index (χ1v) is 4.22. The Labute approximate surface area is 74.5 Å². The van der Waals surface area contributed by atoms with E-state index in [1.807, 2.05) is 27.7 Å². The van der Waals surface area contributed by atoms with Crippen LogP contribution in [-0.4, -0.2) is 24.7 Å². The lowest BCUT2D eigenvalue weighted by Crippen LogP contribution is -2.36. The molecule has 1 amide bonds. The van der Waals surface area contributed by atoms with Gasteiger partial charge in [0.25, 0.3) is 0 Å². The molecule has 0 aromatic heterocycles. The Morgan fingerprint density at radius 3 is 2.33 bits per heavy atom. The minimum absolute atomic E-state index is 0.0388. The summed E-state index contributed by atoms with van der Waals surface area (Å²) in [4.78, 5) is 11.2. The molecule has 72 valence electrons. The van der Waals surface area contributed by atoms with Gasteiger partial charge in [-0.1, -0.05) is 0 Å². The molecule has 1 N–H and O–H groups in total.